The van der Waals surface area contributed by atoms with Crippen LogP contribution < -0.4 is 0 Å². The Morgan fingerprint density at radius 3 is 2.44 bits per heavy atom. The normalized spacial score (nSPS) is 12.9. The largest absolute Gasteiger partial charge is 0.282 e. The number of rotatable bonds is 3. The highest BCUT2D eigenvalue weighted by molar-refractivity contribution is 7.09. The van der Waals surface area contributed by atoms with Gasteiger partial charge in [-0.2, -0.15) is 5.10 Å². The van der Waals surface area contributed by atoms with Crippen LogP contribution in [0.25, 0.3) is 0 Å². The van der Waals surface area contributed by atoms with Crippen LogP contribution in [0.1, 0.15) is 51.0 Å². The minimum Gasteiger partial charge on any atom is -0.282 e. The summed E-state index contributed by atoms with van der Waals surface area (Å²) in [6.45, 7) is 11.0. The van der Waals surface area contributed by atoms with Crippen molar-refractivity contribution in [3.63, 3.8) is 0 Å². The molecule has 2 aromatic rings. The van der Waals surface area contributed by atoms with Gasteiger partial charge in [0.25, 0.3) is 0 Å². The molecule has 0 spiro atoms. The van der Waals surface area contributed by atoms with Crippen molar-refractivity contribution < 1.29 is 0 Å². The van der Waals surface area contributed by atoms with Crippen LogP contribution in [0.3, 0.4) is 0 Å². The van der Waals surface area contributed by atoms with Gasteiger partial charge in [-0.25, -0.2) is 4.98 Å². The number of aromatic amines is 1. The lowest BCUT2D eigenvalue weighted by Gasteiger charge is -2.21. The van der Waals surface area contributed by atoms with E-state index in [0.717, 1.165) is 12.1 Å². The molecule has 2 heterocycles. The summed E-state index contributed by atoms with van der Waals surface area (Å²) in [5.74, 6) is 0. The van der Waals surface area contributed by atoms with Crippen LogP contribution in [0.15, 0.2) is 17.6 Å². The number of hydrogen-bond acceptors (Lipinski definition) is 3. The summed E-state index contributed by atoms with van der Waals surface area (Å²) in [6, 6.07) is 2.04. The van der Waals surface area contributed by atoms with E-state index in [4.69, 9.17) is 4.98 Å². The Morgan fingerprint density at radius 1 is 1.22 bits per heavy atom. The standard InChI is InChI=1S/C14H21N3S/c1-13(2,3)12-16-10(9-18-12)8-14(4,5)11-6-7-15-17-11/h6-7,9H,8H2,1-5H3,(H,15,17). The first kappa shape index (κ1) is 13.3. The first-order chi connectivity index (χ1) is 8.29. The molecule has 4 heteroatoms. The second kappa shape index (κ2) is 4.50. The topological polar surface area (TPSA) is 41.6 Å². The highest BCUT2D eigenvalue weighted by Crippen LogP contribution is 2.30. The molecule has 0 fully saturated rings. The van der Waals surface area contributed by atoms with E-state index in [1.165, 1.54) is 10.7 Å². The van der Waals surface area contributed by atoms with Crippen molar-refractivity contribution in [3.05, 3.63) is 34.0 Å². The molecule has 0 saturated heterocycles. The van der Waals surface area contributed by atoms with E-state index in [1.807, 2.05) is 6.07 Å². The van der Waals surface area contributed by atoms with Crippen LogP contribution in [-0.4, -0.2) is 15.2 Å². The molecule has 98 valence electrons. The highest BCUT2D eigenvalue weighted by Gasteiger charge is 2.25. The zero-order valence-electron chi connectivity index (χ0n) is 11.7. The number of nitrogens with zero attached hydrogens (tertiary/aromatic N) is 2. The first-order valence-corrected chi connectivity index (χ1v) is 7.12. The van der Waals surface area contributed by atoms with Gasteiger partial charge >= 0.3 is 0 Å². The molecular formula is C14H21N3S. The number of hydrogen-bond donors (Lipinski definition) is 1. The summed E-state index contributed by atoms with van der Waals surface area (Å²) in [5.41, 5.74) is 2.51. The third-order valence-corrected chi connectivity index (χ3v) is 4.36. The molecule has 0 aliphatic carbocycles. The molecule has 0 aliphatic rings. The molecule has 0 atom stereocenters. The fourth-order valence-electron chi connectivity index (χ4n) is 1.91. The molecule has 0 bridgehead atoms. The summed E-state index contributed by atoms with van der Waals surface area (Å²) in [4.78, 5) is 4.76. The molecule has 0 aliphatic heterocycles. The molecule has 1 N–H and O–H groups in total. The quantitative estimate of drug-likeness (QED) is 0.917. The molecule has 0 unspecified atom stereocenters. The van der Waals surface area contributed by atoms with E-state index in [0.29, 0.717) is 0 Å². The van der Waals surface area contributed by atoms with Gasteiger partial charge in [-0.1, -0.05) is 34.6 Å². The summed E-state index contributed by atoms with van der Waals surface area (Å²) in [5, 5.41) is 10.5. The molecule has 2 rings (SSSR count). The Kier molecular flexibility index (Phi) is 3.32. The van der Waals surface area contributed by atoms with E-state index >= 15 is 0 Å². The fourth-order valence-corrected chi connectivity index (χ4v) is 2.82. The van der Waals surface area contributed by atoms with Crippen LogP contribution in [0.4, 0.5) is 0 Å². The Balaban J connectivity index is 2.17. The van der Waals surface area contributed by atoms with Gasteiger partial charge in [-0.05, 0) is 6.07 Å². The van der Waals surface area contributed by atoms with Crippen molar-refractivity contribution >= 4 is 11.3 Å². The van der Waals surface area contributed by atoms with Gasteiger partial charge in [0.1, 0.15) is 0 Å². The van der Waals surface area contributed by atoms with E-state index in [-0.39, 0.29) is 10.8 Å². The van der Waals surface area contributed by atoms with Crippen LogP contribution in [0.2, 0.25) is 0 Å². The minimum absolute atomic E-state index is 0.0414. The van der Waals surface area contributed by atoms with Gasteiger partial charge in [0.05, 0.1) is 10.7 Å². The predicted molar refractivity (Wildman–Crippen MR) is 76.1 cm³/mol. The monoisotopic (exact) mass is 263 g/mol. The average molecular weight is 263 g/mol. The Morgan fingerprint density at radius 2 is 1.94 bits per heavy atom. The van der Waals surface area contributed by atoms with E-state index < -0.39 is 0 Å². The third kappa shape index (κ3) is 2.80. The lowest BCUT2D eigenvalue weighted by atomic mass is 9.84. The van der Waals surface area contributed by atoms with Gasteiger partial charge < -0.3 is 0 Å². The SMILES string of the molecule is CC(C)(C)c1nc(CC(C)(C)c2ccn[nH]2)cs1. The molecule has 0 radical (unpaired) electrons. The molecule has 2 aromatic heterocycles. The van der Waals surface area contributed by atoms with Crippen LogP contribution in [-0.2, 0) is 17.3 Å². The van der Waals surface area contributed by atoms with Crippen molar-refractivity contribution in [3.8, 4) is 0 Å². The van der Waals surface area contributed by atoms with Crippen molar-refractivity contribution in [2.24, 2.45) is 0 Å². The zero-order chi connectivity index (χ0) is 13.4. The summed E-state index contributed by atoms with van der Waals surface area (Å²) in [6.07, 6.45) is 2.74. The molecule has 3 nitrogen and oxygen atoms in total. The Bertz CT molecular complexity index is 503. The number of aromatic nitrogens is 3. The number of nitrogens with one attached hydrogen (secondary N) is 1. The molecule has 0 saturated carbocycles. The van der Waals surface area contributed by atoms with Crippen LogP contribution >= 0.6 is 11.3 Å². The second-order valence-electron chi connectivity index (χ2n) is 6.42. The fraction of sp³-hybridized carbons (Fsp3) is 0.571. The average Bonchev–Trinajstić information content (AvgIpc) is 2.83. The summed E-state index contributed by atoms with van der Waals surface area (Å²) < 4.78 is 0. The van der Waals surface area contributed by atoms with Crippen LogP contribution in [0, 0.1) is 0 Å². The predicted octanol–water partition coefficient (Wildman–Crippen LogP) is 3.68. The Labute approximate surface area is 113 Å². The highest BCUT2D eigenvalue weighted by atomic mass is 32.1. The maximum Gasteiger partial charge on any atom is 0.0981 e. The lowest BCUT2D eigenvalue weighted by molar-refractivity contribution is 0.495. The number of thiazole rings is 1. The van der Waals surface area contributed by atoms with Gasteiger partial charge in [0.15, 0.2) is 0 Å². The van der Waals surface area contributed by atoms with Crippen molar-refractivity contribution in [1.82, 2.24) is 15.2 Å². The summed E-state index contributed by atoms with van der Waals surface area (Å²) in [7, 11) is 0. The van der Waals surface area contributed by atoms with E-state index in [1.54, 1.807) is 17.5 Å². The van der Waals surface area contributed by atoms with E-state index in [2.05, 4.69) is 50.2 Å². The Hall–Kier alpha value is -1.16. The number of H-pyrrole nitrogens is 1. The van der Waals surface area contributed by atoms with Crippen molar-refractivity contribution in [2.45, 2.75) is 51.9 Å². The maximum absolute atomic E-state index is 4.76. The van der Waals surface area contributed by atoms with Gasteiger partial charge in [-0.15, -0.1) is 11.3 Å². The van der Waals surface area contributed by atoms with Gasteiger partial charge in [-0.3, -0.25) is 5.10 Å². The molecular weight excluding hydrogens is 242 g/mol. The van der Waals surface area contributed by atoms with Gasteiger partial charge in [0.2, 0.25) is 0 Å². The second-order valence-corrected chi connectivity index (χ2v) is 7.28. The molecule has 0 aromatic carbocycles. The lowest BCUT2D eigenvalue weighted by Crippen LogP contribution is -2.21. The zero-order valence-corrected chi connectivity index (χ0v) is 12.6. The van der Waals surface area contributed by atoms with Gasteiger partial charge in [0, 0.05) is 34.5 Å². The smallest absolute Gasteiger partial charge is 0.0981 e. The third-order valence-electron chi connectivity index (χ3n) is 3.05. The van der Waals surface area contributed by atoms with Crippen LogP contribution in [0.5, 0.6) is 0 Å². The van der Waals surface area contributed by atoms with E-state index in [9.17, 15) is 0 Å². The molecule has 0 amide bonds. The molecule has 18 heavy (non-hydrogen) atoms. The summed E-state index contributed by atoms with van der Waals surface area (Å²) >= 11 is 1.76. The first-order valence-electron chi connectivity index (χ1n) is 6.24. The minimum atomic E-state index is 0.0414. The van der Waals surface area contributed by atoms with Crippen molar-refractivity contribution in [1.29, 1.82) is 0 Å². The maximum atomic E-state index is 4.76. The van der Waals surface area contributed by atoms with Crippen molar-refractivity contribution in [2.75, 3.05) is 0 Å².